The van der Waals surface area contributed by atoms with Crippen LogP contribution in [0.4, 0.5) is 13.2 Å². The first-order valence-electron chi connectivity index (χ1n) is 7.79. The second-order valence-corrected chi connectivity index (χ2v) is 8.00. The van der Waals surface area contributed by atoms with Crippen LogP contribution in [0.3, 0.4) is 0 Å². The van der Waals surface area contributed by atoms with E-state index in [4.69, 9.17) is 0 Å². The summed E-state index contributed by atoms with van der Waals surface area (Å²) in [6, 6.07) is 10.4. The Morgan fingerprint density at radius 2 is 1.62 bits per heavy atom. The zero-order valence-corrected chi connectivity index (χ0v) is 15.1. The Hall–Kier alpha value is -2.35. The molecule has 1 amide bonds. The molecule has 0 fully saturated rings. The Morgan fingerprint density at radius 1 is 1.04 bits per heavy atom. The number of sulfone groups is 1. The predicted molar refractivity (Wildman–Crippen MR) is 91.4 cm³/mol. The standard InChI is InChI=1S/C18H18F3NO3S/c1-3-26(24,25)16-7-5-4-6-15(16)17(23)22(2)12-13-8-10-14(11-9-13)18(19,20)21/h4-11H,3,12H2,1-2H3. The number of halogens is 3. The van der Waals surface area contributed by atoms with Crippen LogP contribution in [0.2, 0.25) is 0 Å². The summed E-state index contributed by atoms with van der Waals surface area (Å²) in [4.78, 5) is 13.9. The second-order valence-electron chi connectivity index (χ2n) is 5.76. The van der Waals surface area contributed by atoms with Gasteiger partial charge in [-0.15, -0.1) is 0 Å². The van der Waals surface area contributed by atoms with Crippen LogP contribution in [0.15, 0.2) is 53.4 Å². The first-order chi connectivity index (χ1) is 12.1. The molecule has 2 rings (SSSR count). The summed E-state index contributed by atoms with van der Waals surface area (Å²) in [5.74, 6) is -0.655. The van der Waals surface area contributed by atoms with Crippen molar-refractivity contribution < 1.29 is 26.4 Å². The highest BCUT2D eigenvalue weighted by Gasteiger charge is 2.30. The van der Waals surface area contributed by atoms with Crippen molar-refractivity contribution in [2.45, 2.75) is 24.5 Å². The summed E-state index contributed by atoms with van der Waals surface area (Å²) < 4.78 is 62.1. The fraction of sp³-hybridized carbons (Fsp3) is 0.278. The lowest BCUT2D eigenvalue weighted by atomic mass is 10.1. The number of hydrogen-bond donors (Lipinski definition) is 0. The summed E-state index contributed by atoms with van der Waals surface area (Å²) in [6.07, 6.45) is -4.42. The lowest BCUT2D eigenvalue weighted by molar-refractivity contribution is -0.137. The third kappa shape index (κ3) is 4.43. The van der Waals surface area contributed by atoms with Gasteiger partial charge in [0.25, 0.3) is 5.91 Å². The van der Waals surface area contributed by atoms with E-state index < -0.39 is 27.5 Å². The molecule has 2 aromatic rings. The van der Waals surface area contributed by atoms with E-state index in [9.17, 15) is 26.4 Å². The molecule has 8 heteroatoms. The molecule has 140 valence electrons. The topological polar surface area (TPSA) is 54.5 Å². The van der Waals surface area contributed by atoms with Gasteiger partial charge in [0.15, 0.2) is 9.84 Å². The van der Waals surface area contributed by atoms with Crippen molar-refractivity contribution in [3.8, 4) is 0 Å². The van der Waals surface area contributed by atoms with Gasteiger partial charge in [-0.25, -0.2) is 8.42 Å². The lowest BCUT2D eigenvalue weighted by Gasteiger charge is -2.19. The molecule has 0 atom stereocenters. The van der Waals surface area contributed by atoms with Gasteiger partial charge in [-0.05, 0) is 29.8 Å². The van der Waals surface area contributed by atoms with Crippen LogP contribution in [0, 0.1) is 0 Å². The molecule has 0 aliphatic heterocycles. The largest absolute Gasteiger partial charge is 0.416 e. The van der Waals surface area contributed by atoms with Crippen LogP contribution in [0.1, 0.15) is 28.4 Å². The number of amides is 1. The number of benzene rings is 2. The molecule has 0 N–H and O–H groups in total. The quantitative estimate of drug-likeness (QED) is 0.787. The summed E-state index contributed by atoms with van der Waals surface area (Å²) >= 11 is 0. The monoisotopic (exact) mass is 385 g/mol. The molecular formula is C18H18F3NO3S. The van der Waals surface area contributed by atoms with Gasteiger partial charge < -0.3 is 4.90 Å². The SMILES string of the molecule is CCS(=O)(=O)c1ccccc1C(=O)N(C)Cc1ccc(C(F)(F)F)cc1. The summed E-state index contributed by atoms with van der Waals surface area (Å²) in [6.45, 7) is 1.54. The Bertz CT molecular complexity index is 891. The fourth-order valence-electron chi connectivity index (χ4n) is 2.42. The van der Waals surface area contributed by atoms with E-state index in [-0.39, 0.29) is 22.8 Å². The van der Waals surface area contributed by atoms with Gasteiger partial charge >= 0.3 is 6.18 Å². The average molecular weight is 385 g/mol. The summed E-state index contributed by atoms with van der Waals surface area (Å²) in [5, 5.41) is 0. The van der Waals surface area contributed by atoms with E-state index in [1.165, 1.54) is 49.2 Å². The molecule has 0 aliphatic carbocycles. The lowest BCUT2D eigenvalue weighted by Crippen LogP contribution is -2.28. The highest BCUT2D eigenvalue weighted by atomic mass is 32.2. The first kappa shape index (κ1) is 20.0. The van der Waals surface area contributed by atoms with Crippen molar-refractivity contribution in [3.05, 3.63) is 65.2 Å². The molecule has 0 saturated carbocycles. The van der Waals surface area contributed by atoms with E-state index in [2.05, 4.69) is 0 Å². The maximum absolute atomic E-state index is 12.6. The number of carbonyl (C=O) groups is 1. The van der Waals surface area contributed by atoms with Crippen LogP contribution in [0.5, 0.6) is 0 Å². The third-order valence-electron chi connectivity index (χ3n) is 3.88. The number of alkyl halides is 3. The minimum Gasteiger partial charge on any atom is -0.337 e. The Balaban J connectivity index is 2.24. The van der Waals surface area contributed by atoms with Crippen molar-refractivity contribution in [1.82, 2.24) is 4.90 Å². The molecule has 0 aromatic heterocycles. The van der Waals surface area contributed by atoms with Crippen LogP contribution in [-0.4, -0.2) is 32.0 Å². The third-order valence-corrected chi connectivity index (χ3v) is 5.67. The molecule has 0 aliphatic rings. The van der Waals surface area contributed by atoms with Crippen LogP contribution in [-0.2, 0) is 22.6 Å². The molecule has 4 nitrogen and oxygen atoms in total. The molecular weight excluding hydrogens is 367 g/mol. The molecule has 0 radical (unpaired) electrons. The van der Waals surface area contributed by atoms with Gasteiger partial charge in [0, 0.05) is 13.6 Å². The maximum atomic E-state index is 12.6. The minimum absolute atomic E-state index is 0.0451. The van der Waals surface area contributed by atoms with Crippen LogP contribution >= 0.6 is 0 Å². The minimum atomic E-state index is -4.42. The Kier molecular flexibility index (Phi) is 5.75. The Morgan fingerprint density at radius 3 is 2.15 bits per heavy atom. The van der Waals surface area contributed by atoms with E-state index in [0.717, 1.165) is 12.1 Å². The number of rotatable bonds is 5. The summed E-state index contributed by atoms with van der Waals surface area (Å²) in [7, 11) is -2.11. The normalized spacial score (nSPS) is 12.0. The second kappa shape index (κ2) is 7.49. The van der Waals surface area contributed by atoms with Gasteiger partial charge in [0.1, 0.15) is 0 Å². The van der Waals surface area contributed by atoms with E-state index in [0.29, 0.717) is 5.56 Å². The summed E-state index contributed by atoms with van der Waals surface area (Å²) in [5.41, 5.74) is -0.219. The molecule has 0 heterocycles. The van der Waals surface area contributed by atoms with Gasteiger partial charge in [0.05, 0.1) is 21.8 Å². The Labute approximate surface area is 150 Å². The number of carbonyl (C=O) groups excluding carboxylic acids is 1. The zero-order valence-electron chi connectivity index (χ0n) is 14.2. The van der Waals surface area contributed by atoms with Crippen LogP contribution < -0.4 is 0 Å². The van der Waals surface area contributed by atoms with E-state index in [1.807, 2.05) is 0 Å². The van der Waals surface area contributed by atoms with Crippen molar-refractivity contribution in [2.75, 3.05) is 12.8 Å². The van der Waals surface area contributed by atoms with Gasteiger partial charge in [-0.1, -0.05) is 31.2 Å². The van der Waals surface area contributed by atoms with Crippen molar-refractivity contribution in [3.63, 3.8) is 0 Å². The fourth-order valence-corrected chi connectivity index (χ4v) is 3.51. The molecule has 0 saturated heterocycles. The first-order valence-corrected chi connectivity index (χ1v) is 9.45. The van der Waals surface area contributed by atoms with Crippen molar-refractivity contribution in [1.29, 1.82) is 0 Å². The van der Waals surface area contributed by atoms with Crippen molar-refractivity contribution in [2.24, 2.45) is 0 Å². The van der Waals surface area contributed by atoms with Gasteiger partial charge in [0.2, 0.25) is 0 Å². The molecule has 2 aromatic carbocycles. The molecule has 0 unspecified atom stereocenters. The maximum Gasteiger partial charge on any atom is 0.416 e. The highest BCUT2D eigenvalue weighted by Crippen LogP contribution is 2.29. The zero-order chi connectivity index (χ0) is 19.5. The van der Waals surface area contributed by atoms with Gasteiger partial charge in [-0.3, -0.25) is 4.79 Å². The number of nitrogens with zero attached hydrogens (tertiary/aromatic N) is 1. The van der Waals surface area contributed by atoms with E-state index in [1.54, 1.807) is 6.07 Å². The highest BCUT2D eigenvalue weighted by molar-refractivity contribution is 7.91. The van der Waals surface area contributed by atoms with Crippen LogP contribution in [0.25, 0.3) is 0 Å². The predicted octanol–water partition coefficient (Wildman–Crippen LogP) is 3.77. The molecule has 0 spiro atoms. The molecule has 0 bridgehead atoms. The van der Waals surface area contributed by atoms with Gasteiger partial charge in [-0.2, -0.15) is 13.2 Å². The van der Waals surface area contributed by atoms with E-state index >= 15 is 0 Å². The van der Waals surface area contributed by atoms with Crippen molar-refractivity contribution >= 4 is 15.7 Å². The molecule has 26 heavy (non-hydrogen) atoms. The smallest absolute Gasteiger partial charge is 0.337 e. The average Bonchev–Trinajstić information content (AvgIpc) is 2.60. The number of hydrogen-bond acceptors (Lipinski definition) is 3.